The third kappa shape index (κ3) is 8.64. The van der Waals surface area contributed by atoms with Crippen molar-refractivity contribution in [1.29, 1.82) is 0 Å². The number of fused-ring (bicyclic) bond motifs is 1. The second-order valence-corrected chi connectivity index (χ2v) is 8.83. The number of unbranched alkanes of at least 4 members (excludes halogenated alkanes) is 11. The van der Waals surface area contributed by atoms with Crippen molar-refractivity contribution in [3.05, 3.63) is 53.8 Å². The number of aromatic nitrogens is 2. The summed E-state index contributed by atoms with van der Waals surface area (Å²) >= 11 is 0. The van der Waals surface area contributed by atoms with Crippen LogP contribution in [-0.2, 0) is 6.42 Å². The van der Waals surface area contributed by atoms with Crippen LogP contribution in [0.25, 0.3) is 11.6 Å². The fraction of sp³-hybridized carbons (Fsp3) is 0.571. The number of benzene rings is 1. The molecule has 4 heteroatoms. The Hall–Kier alpha value is -2.36. The van der Waals surface area contributed by atoms with Crippen molar-refractivity contribution in [2.24, 2.45) is 0 Å². The molecule has 1 aromatic carbocycles. The van der Waals surface area contributed by atoms with E-state index in [0.717, 1.165) is 35.6 Å². The molecule has 4 nitrogen and oxygen atoms in total. The van der Waals surface area contributed by atoms with Gasteiger partial charge in [0.15, 0.2) is 0 Å². The van der Waals surface area contributed by atoms with Gasteiger partial charge in [0.05, 0.1) is 5.57 Å². The van der Waals surface area contributed by atoms with Crippen LogP contribution in [-0.4, -0.2) is 16.8 Å². The normalized spacial score (nSPS) is 13.2. The largest absolute Gasteiger partial charge is 0.488 e. The summed E-state index contributed by atoms with van der Waals surface area (Å²) < 4.78 is 11.7. The Balaban J connectivity index is 1.21. The minimum atomic E-state index is 0.478. The number of para-hydroxylation sites is 1. The molecule has 2 aromatic rings. The van der Waals surface area contributed by atoms with Crippen LogP contribution in [0.4, 0.5) is 0 Å². The first kappa shape index (κ1) is 24.3. The molecule has 0 unspecified atom stereocenters. The first-order valence-electron chi connectivity index (χ1n) is 12.8. The van der Waals surface area contributed by atoms with Crippen LogP contribution in [0.3, 0.4) is 0 Å². The van der Waals surface area contributed by atoms with Crippen LogP contribution in [0.2, 0.25) is 0 Å². The molecule has 1 aliphatic heterocycles. The van der Waals surface area contributed by atoms with Gasteiger partial charge in [0, 0.05) is 12.0 Å². The molecule has 0 spiro atoms. The van der Waals surface area contributed by atoms with E-state index in [4.69, 9.17) is 9.15 Å². The summed E-state index contributed by atoms with van der Waals surface area (Å²) in [4.78, 5) is 0. The summed E-state index contributed by atoms with van der Waals surface area (Å²) in [7, 11) is 0. The number of nitrogens with zero attached hydrogens (tertiary/aromatic N) is 2. The fourth-order valence-corrected chi connectivity index (χ4v) is 4.07. The lowest BCUT2D eigenvalue weighted by Crippen LogP contribution is -2.06. The molecule has 0 radical (unpaired) electrons. The van der Waals surface area contributed by atoms with E-state index in [-0.39, 0.29) is 0 Å². The zero-order chi connectivity index (χ0) is 22.3. The lowest BCUT2D eigenvalue weighted by atomic mass is 10.1. The summed E-state index contributed by atoms with van der Waals surface area (Å²) in [6.07, 6.45) is 24.7. The van der Waals surface area contributed by atoms with Crippen molar-refractivity contribution >= 4 is 11.6 Å². The van der Waals surface area contributed by atoms with E-state index in [2.05, 4.69) is 35.3 Å². The molecule has 0 bridgehead atoms. The lowest BCUT2D eigenvalue weighted by molar-refractivity contribution is 0.359. The van der Waals surface area contributed by atoms with Crippen molar-refractivity contribution in [3.63, 3.8) is 0 Å². The molecule has 0 saturated heterocycles. The molecular formula is C28H40N2O2. The van der Waals surface area contributed by atoms with Gasteiger partial charge in [-0.15, -0.1) is 10.2 Å². The number of aryl methyl sites for hydroxylation is 1. The summed E-state index contributed by atoms with van der Waals surface area (Å²) in [5.41, 5.74) is 2.01. The molecule has 0 saturated carbocycles. The van der Waals surface area contributed by atoms with E-state index in [0.29, 0.717) is 12.5 Å². The Labute approximate surface area is 194 Å². The summed E-state index contributed by atoms with van der Waals surface area (Å²) in [6.45, 7) is 2.75. The van der Waals surface area contributed by atoms with Crippen LogP contribution >= 0.6 is 0 Å². The first-order chi connectivity index (χ1) is 15.9. The highest BCUT2D eigenvalue weighted by Gasteiger charge is 2.17. The van der Waals surface area contributed by atoms with Crippen molar-refractivity contribution < 1.29 is 9.15 Å². The molecule has 0 fully saturated rings. The Morgan fingerprint density at radius 3 is 2.28 bits per heavy atom. The molecule has 2 heterocycles. The van der Waals surface area contributed by atoms with E-state index in [1.165, 1.54) is 77.0 Å². The highest BCUT2D eigenvalue weighted by Crippen LogP contribution is 2.29. The van der Waals surface area contributed by atoms with Gasteiger partial charge in [-0.05, 0) is 44.2 Å². The van der Waals surface area contributed by atoms with Gasteiger partial charge in [-0.3, -0.25) is 0 Å². The van der Waals surface area contributed by atoms with Crippen molar-refractivity contribution in [2.45, 2.75) is 96.8 Å². The molecule has 1 aliphatic rings. The highest BCUT2D eigenvalue weighted by molar-refractivity contribution is 5.82. The topological polar surface area (TPSA) is 48.2 Å². The number of allylic oxidation sites excluding steroid dienone is 2. The minimum Gasteiger partial charge on any atom is -0.488 e. The van der Waals surface area contributed by atoms with E-state index >= 15 is 0 Å². The van der Waals surface area contributed by atoms with Crippen molar-refractivity contribution in [3.8, 4) is 5.75 Å². The van der Waals surface area contributed by atoms with E-state index in [9.17, 15) is 0 Å². The van der Waals surface area contributed by atoms with Crippen LogP contribution in [0.15, 0.2) is 40.8 Å². The number of hydrogen-bond acceptors (Lipinski definition) is 4. The number of rotatable bonds is 16. The van der Waals surface area contributed by atoms with Gasteiger partial charge >= 0.3 is 0 Å². The van der Waals surface area contributed by atoms with Gasteiger partial charge in [0.25, 0.3) is 0 Å². The maximum absolute atomic E-state index is 5.88. The number of ether oxygens (including phenoxy) is 1. The average molecular weight is 437 g/mol. The van der Waals surface area contributed by atoms with E-state index in [1.54, 1.807) is 0 Å². The Bertz CT molecular complexity index is 837. The quantitative estimate of drug-likeness (QED) is 0.196. The van der Waals surface area contributed by atoms with E-state index < -0.39 is 0 Å². The zero-order valence-electron chi connectivity index (χ0n) is 19.9. The Kier molecular flexibility index (Phi) is 11.1. The third-order valence-electron chi connectivity index (χ3n) is 6.03. The molecule has 3 rings (SSSR count). The van der Waals surface area contributed by atoms with Gasteiger partial charge in [-0.1, -0.05) is 88.6 Å². The molecule has 32 heavy (non-hydrogen) atoms. The van der Waals surface area contributed by atoms with Gasteiger partial charge in [0.1, 0.15) is 12.4 Å². The summed E-state index contributed by atoms with van der Waals surface area (Å²) in [6, 6.07) is 8.01. The minimum absolute atomic E-state index is 0.478. The number of hydrogen-bond donors (Lipinski definition) is 0. The molecule has 0 aliphatic carbocycles. The predicted molar refractivity (Wildman–Crippen MR) is 133 cm³/mol. The van der Waals surface area contributed by atoms with Gasteiger partial charge in [-0.2, -0.15) is 0 Å². The molecule has 0 amide bonds. The van der Waals surface area contributed by atoms with Gasteiger partial charge in [-0.25, -0.2) is 0 Å². The smallest absolute Gasteiger partial charge is 0.247 e. The summed E-state index contributed by atoms with van der Waals surface area (Å²) in [5.74, 6) is 2.23. The average Bonchev–Trinajstić information content (AvgIpc) is 3.30. The van der Waals surface area contributed by atoms with Crippen LogP contribution in [0.1, 0.15) is 108 Å². The molecule has 174 valence electrons. The highest BCUT2D eigenvalue weighted by atomic mass is 16.5. The summed E-state index contributed by atoms with van der Waals surface area (Å²) in [5, 5.41) is 8.46. The Morgan fingerprint density at radius 2 is 1.50 bits per heavy atom. The van der Waals surface area contributed by atoms with Crippen LogP contribution in [0.5, 0.6) is 5.75 Å². The van der Waals surface area contributed by atoms with Crippen LogP contribution in [0, 0.1) is 0 Å². The lowest BCUT2D eigenvalue weighted by Gasteiger charge is -2.15. The molecule has 0 N–H and O–H groups in total. The predicted octanol–water partition coefficient (Wildman–Crippen LogP) is 8.19. The molecule has 0 atom stereocenters. The second-order valence-electron chi connectivity index (χ2n) is 8.83. The standard InChI is InChI=1S/C28H40N2O2/c1-2-3-4-5-6-7-8-9-10-11-12-13-14-15-16-21-27-29-30-28(32-27)25-22-24-19-17-18-20-26(24)31-23-25/h9-10,17-20,22H,2-8,11-16,21,23H2,1H3/b10-9-. The monoisotopic (exact) mass is 436 g/mol. The fourth-order valence-electron chi connectivity index (χ4n) is 4.07. The van der Waals surface area contributed by atoms with Crippen molar-refractivity contribution in [2.75, 3.05) is 6.61 Å². The first-order valence-corrected chi connectivity index (χ1v) is 12.8. The third-order valence-corrected chi connectivity index (χ3v) is 6.03. The maximum Gasteiger partial charge on any atom is 0.247 e. The van der Waals surface area contributed by atoms with Crippen LogP contribution < -0.4 is 4.74 Å². The van der Waals surface area contributed by atoms with E-state index in [1.807, 2.05) is 24.3 Å². The molecular weight excluding hydrogens is 396 g/mol. The van der Waals surface area contributed by atoms with Gasteiger partial charge in [0.2, 0.25) is 11.8 Å². The zero-order valence-corrected chi connectivity index (χ0v) is 19.9. The van der Waals surface area contributed by atoms with Crippen molar-refractivity contribution in [1.82, 2.24) is 10.2 Å². The SMILES string of the molecule is CCCCCCCC/C=C\CCCCCCCc1nnc(C2=Cc3ccccc3OC2)o1. The second kappa shape index (κ2) is 14.7. The maximum atomic E-state index is 5.88. The molecule has 1 aromatic heterocycles. The van der Waals surface area contributed by atoms with Gasteiger partial charge < -0.3 is 9.15 Å². The Morgan fingerprint density at radius 1 is 0.812 bits per heavy atom.